The number of benzene rings is 2. The lowest BCUT2D eigenvalue weighted by molar-refractivity contribution is -0.113. The van der Waals surface area contributed by atoms with E-state index in [9.17, 15) is 9.59 Å². The summed E-state index contributed by atoms with van der Waals surface area (Å²) < 4.78 is 12.4. The Morgan fingerprint density at radius 1 is 1.03 bits per heavy atom. The molecule has 0 spiro atoms. The third-order valence-corrected chi connectivity index (χ3v) is 5.73. The second kappa shape index (κ2) is 8.31. The van der Waals surface area contributed by atoms with Gasteiger partial charge in [0, 0.05) is 16.8 Å². The van der Waals surface area contributed by atoms with E-state index in [1.807, 2.05) is 30.3 Å². The number of thioether (sulfide) groups is 1. The molecular weight excluding hydrogens is 430 g/mol. The Morgan fingerprint density at radius 3 is 2.66 bits per heavy atom. The van der Waals surface area contributed by atoms with E-state index in [-0.39, 0.29) is 24.2 Å². The van der Waals surface area contributed by atoms with Gasteiger partial charge in [-0.25, -0.2) is 0 Å². The van der Waals surface area contributed by atoms with Gasteiger partial charge >= 0.3 is 0 Å². The fourth-order valence-corrected chi connectivity index (χ4v) is 3.87. The van der Waals surface area contributed by atoms with Crippen LogP contribution in [0.3, 0.4) is 0 Å². The number of carbonyl (C=O) groups excluding carboxylic acids is 2. The zero-order valence-electron chi connectivity index (χ0n) is 16.9. The third kappa shape index (κ3) is 4.00. The zero-order valence-corrected chi connectivity index (χ0v) is 17.8. The molecule has 0 bridgehead atoms. The molecule has 0 saturated heterocycles. The van der Waals surface area contributed by atoms with Crippen molar-refractivity contribution in [3.63, 3.8) is 0 Å². The minimum absolute atomic E-state index is 0.0234. The van der Waals surface area contributed by atoms with Gasteiger partial charge in [-0.1, -0.05) is 11.8 Å². The maximum Gasteiger partial charge on any atom is 0.234 e. The summed E-state index contributed by atoms with van der Waals surface area (Å²) in [6, 6.07) is 16.1. The Bertz CT molecular complexity index is 1340. The van der Waals surface area contributed by atoms with Crippen LogP contribution in [0.4, 0.5) is 5.69 Å². The average Bonchev–Trinajstić information content (AvgIpc) is 3.44. The van der Waals surface area contributed by atoms with Crippen molar-refractivity contribution >= 4 is 34.8 Å². The number of nitrogens with zero attached hydrogens (tertiary/aromatic N) is 4. The molecule has 32 heavy (non-hydrogen) atoms. The fourth-order valence-electron chi connectivity index (χ4n) is 3.18. The first-order valence-electron chi connectivity index (χ1n) is 9.73. The molecule has 5 rings (SSSR count). The molecule has 0 saturated carbocycles. The molecule has 1 aliphatic heterocycles. The Hall–Kier alpha value is -3.92. The topological polar surface area (TPSA) is 108 Å². The van der Waals surface area contributed by atoms with Gasteiger partial charge in [0.2, 0.25) is 17.9 Å². The van der Waals surface area contributed by atoms with E-state index in [1.165, 1.54) is 18.7 Å². The first-order chi connectivity index (χ1) is 15.6. The molecule has 4 aromatic rings. The largest absolute Gasteiger partial charge is 0.454 e. The van der Waals surface area contributed by atoms with Crippen LogP contribution in [0.25, 0.3) is 16.9 Å². The summed E-state index contributed by atoms with van der Waals surface area (Å²) in [7, 11) is 0. The third-order valence-electron chi connectivity index (χ3n) is 4.81. The highest BCUT2D eigenvalue weighted by Crippen LogP contribution is 2.35. The number of nitrogens with one attached hydrogen (secondary N) is 1. The molecular formula is C22H17N5O4S. The Balaban J connectivity index is 1.29. The quantitative estimate of drug-likeness (QED) is 0.354. The molecule has 10 heteroatoms. The van der Waals surface area contributed by atoms with Crippen LogP contribution < -0.4 is 14.8 Å². The highest BCUT2D eigenvalue weighted by molar-refractivity contribution is 7.99. The number of Topliss-reactive ketones (excluding diaryl/α,β-unsaturated/α-hetero) is 1. The van der Waals surface area contributed by atoms with Crippen molar-refractivity contribution in [2.45, 2.75) is 12.1 Å². The minimum Gasteiger partial charge on any atom is -0.454 e. The van der Waals surface area contributed by atoms with E-state index in [2.05, 4.69) is 20.6 Å². The number of amides is 1. The van der Waals surface area contributed by atoms with Crippen LogP contribution >= 0.6 is 11.8 Å². The van der Waals surface area contributed by atoms with Gasteiger partial charge in [0.15, 0.2) is 22.9 Å². The van der Waals surface area contributed by atoms with Crippen molar-refractivity contribution in [1.29, 1.82) is 0 Å². The zero-order chi connectivity index (χ0) is 22.1. The highest BCUT2D eigenvalue weighted by Gasteiger charge is 2.16. The van der Waals surface area contributed by atoms with Crippen LogP contribution in [0.2, 0.25) is 0 Å². The molecule has 1 N–H and O–H groups in total. The normalized spacial score (nSPS) is 12.2. The number of carbonyl (C=O) groups is 2. The summed E-state index contributed by atoms with van der Waals surface area (Å²) >= 11 is 1.23. The van der Waals surface area contributed by atoms with E-state index in [0.717, 1.165) is 5.56 Å². The van der Waals surface area contributed by atoms with E-state index in [4.69, 9.17) is 9.47 Å². The van der Waals surface area contributed by atoms with Crippen LogP contribution in [0.1, 0.15) is 17.3 Å². The van der Waals surface area contributed by atoms with Crippen LogP contribution in [-0.4, -0.2) is 44.0 Å². The summed E-state index contributed by atoms with van der Waals surface area (Å²) in [5.74, 6) is 1.29. The van der Waals surface area contributed by atoms with Crippen LogP contribution in [-0.2, 0) is 4.79 Å². The molecule has 0 fully saturated rings. The number of hydrogen-bond acceptors (Lipinski definition) is 8. The van der Waals surface area contributed by atoms with Crippen molar-refractivity contribution < 1.29 is 19.1 Å². The van der Waals surface area contributed by atoms with Gasteiger partial charge in [0.05, 0.1) is 11.4 Å². The number of hydrogen-bond donors (Lipinski definition) is 1. The Morgan fingerprint density at radius 2 is 1.84 bits per heavy atom. The summed E-state index contributed by atoms with van der Waals surface area (Å²) in [4.78, 5) is 23.7. The first-order valence-corrected chi connectivity index (χ1v) is 10.7. The Kier molecular flexibility index (Phi) is 5.20. The number of anilines is 1. The molecule has 2 aromatic carbocycles. The lowest BCUT2D eigenvalue weighted by atomic mass is 10.1. The number of ether oxygens (including phenoxy) is 2. The molecule has 3 heterocycles. The van der Waals surface area contributed by atoms with Crippen LogP contribution in [0.5, 0.6) is 11.5 Å². The second-order valence-electron chi connectivity index (χ2n) is 7.01. The molecule has 0 atom stereocenters. The van der Waals surface area contributed by atoms with Gasteiger partial charge in [-0.2, -0.15) is 9.61 Å². The van der Waals surface area contributed by atoms with Crippen LogP contribution in [0.15, 0.2) is 59.8 Å². The van der Waals surface area contributed by atoms with E-state index in [0.29, 0.717) is 39.2 Å². The lowest BCUT2D eigenvalue weighted by Gasteiger charge is -2.06. The minimum atomic E-state index is -0.200. The predicted octanol–water partition coefficient (Wildman–Crippen LogP) is 3.45. The van der Waals surface area contributed by atoms with Crippen molar-refractivity contribution in [2.24, 2.45) is 0 Å². The van der Waals surface area contributed by atoms with Gasteiger partial charge in [0.1, 0.15) is 0 Å². The highest BCUT2D eigenvalue weighted by atomic mass is 32.2. The molecule has 1 amide bonds. The van der Waals surface area contributed by atoms with Gasteiger partial charge in [0.25, 0.3) is 0 Å². The summed E-state index contributed by atoms with van der Waals surface area (Å²) in [6.45, 7) is 1.71. The SMILES string of the molecule is CC(=O)c1ccc(NC(=O)CSc2nnc3ccc(-c4ccc5c(c4)OCO5)nn23)cc1. The summed E-state index contributed by atoms with van der Waals surface area (Å²) in [6.07, 6.45) is 0. The number of ketones is 1. The molecule has 9 nitrogen and oxygen atoms in total. The second-order valence-corrected chi connectivity index (χ2v) is 7.95. The standard InChI is InChI=1S/C22H17N5O4S/c1-13(28)14-2-5-16(6-3-14)23-21(29)11-32-22-25-24-20-9-7-17(26-27(20)22)15-4-8-18-19(10-15)31-12-30-18/h2-10H,11-12H2,1H3,(H,23,29). The van der Waals surface area contributed by atoms with E-state index >= 15 is 0 Å². The van der Waals surface area contributed by atoms with Crippen molar-refractivity contribution in [1.82, 2.24) is 19.8 Å². The van der Waals surface area contributed by atoms with Gasteiger partial charge in [-0.05, 0) is 61.5 Å². The van der Waals surface area contributed by atoms with Gasteiger partial charge < -0.3 is 14.8 Å². The molecule has 0 unspecified atom stereocenters. The first kappa shape index (κ1) is 20.0. The Labute approximate surface area is 186 Å². The maximum absolute atomic E-state index is 12.4. The lowest BCUT2D eigenvalue weighted by Crippen LogP contribution is -2.14. The monoisotopic (exact) mass is 447 g/mol. The molecule has 0 aliphatic carbocycles. The fraction of sp³-hybridized carbons (Fsp3) is 0.136. The number of aromatic nitrogens is 4. The predicted molar refractivity (Wildman–Crippen MR) is 118 cm³/mol. The van der Waals surface area contributed by atoms with Crippen molar-refractivity contribution in [3.8, 4) is 22.8 Å². The molecule has 160 valence electrons. The number of rotatable bonds is 6. The smallest absolute Gasteiger partial charge is 0.234 e. The maximum atomic E-state index is 12.4. The molecule has 1 aliphatic rings. The van der Waals surface area contributed by atoms with E-state index < -0.39 is 0 Å². The average molecular weight is 447 g/mol. The number of fused-ring (bicyclic) bond motifs is 2. The summed E-state index contributed by atoms with van der Waals surface area (Å²) in [5, 5.41) is 16.2. The molecule has 0 radical (unpaired) electrons. The van der Waals surface area contributed by atoms with Gasteiger partial charge in [-0.15, -0.1) is 10.2 Å². The van der Waals surface area contributed by atoms with Gasteiger partial charge in [-0.3, -0.25) is 9.59 Å². The van der Waals surface area contributed by atoms with Crippen molar-refractivity contribution in [2.75, 3.05) is 17.9 Å². The van der Waals surface area contributed by atoms with E-state index in [1.54, 1.807) is 28.8 Å². The van der Waals surface area contributed by atoms with Crippen LogP contribution in [0, 0.1) is 0 Å². The summed E-state index contributed by atoms with van der Waals surface area (Å²) in [5.41, 5.74) is 3.38. The van der Waals surface area contributed by atoms with Crippen molar-refractivity contribution in [3.05, 3.63) is 60.2 Å². The molecule has 2 aromatic heterocycles.